The fourth-order valence-corrected chi connectivity index (χ4v) is 1.47. The number of ether oxygens (including phenoxy) is 1. The highest BCUT2D eigenvalue weighted by Gasteiger charge is 2.07. The SMILES string of the molecule is O=C(Cl)Oc1ccc2c(c1)C=CC2. The Hall–Kier alpha value is -1.28. The van der Waals surface area contributed by atoms with Crippen molar-refractivity contribution in [2.45, 2.75) is 6.42 Å². The second-order valence-corrected chi connectivity index (χ2v) is 3.12. The van der Waals surface area contributed by atoms with E-state index in [0.717, 1.165) is 12.0 Å². The summed E-state index contributed by atoms with van der Waals surface area (Å²) in [5.74, 6) is 0.491. The maximum Gasteiger partial charge on any atom is 0.409 e. The Kier molecular flexibility index (Phi) is 2.07. The lowest BCUT2D eigenvalue weighted by atomic mass is 10.1. The molecule has 0 amide bonds. The third-order valence-electron chi connectivity index (χ3n) is 1.95. The van der Waals surface area contributed by atoms with Crippen molar-refractivity contribution in [3.8, 4) is 5.75 Å². The summed E-state index contributed by atoms with van der Waals surface area (Å²) < 4.78 is 4.73. The first kappa shape index (κ1) is 8.32. The van der Waals surface area contributed by atoms with Crippen molar-refractivity contribution in [1.29, 1.82) is 0 Å². The predicted octanol–water partition coefficient (Wildman–Crippen LogP) is 2.99. The monoisotopic (exact) mass is 194 g/mol. The van der Waals surface area contributed by atoms with Gasteiger partial charge in [0.15, 0.2) is 0 Å². The third kappa shape index (κ3) is 1.73. The van der Waals surface area contributed by atoms with Crippen LogP contribution in [0.4, 0.5) is 4.79 Å². The molecule has 0 heterocycles. The average molecular weight is 195 g/mol. The maximum absolute atomic E-state index is 10.4. The molecule has 13 heavy (non-hydrogen) atoms. The van der Waals surface area contributed by atoms with Gasteiger partial charge in [-0.25, -0.2) is 4.79 Å². The molecule has 0 N–H and O–H groups in total. The summed E-state index contributed by atoms with van der Waals surface area (Å²) in [6, 6.07) is 5.48. The van der Waals surface area contributed by atoms with Crippen LogP contribution >= 0.6 is 11.6 Å². The molecule has 1 aromatic carbocycles. The molecule has 1 aromatic rings. The zero-order valence-electron chi connectivity index (χ0n) is 6.79. The van der Waals surface area contributed by atoms with Gasteiger partial charge in [0.25, 0.3) is 0 Å². The van der Waals surface area contributed by atoms with E-state index in [0.29, 0.717) is 5.75 Å². The quantitative estimate of drug-likeness (QED) is 0.643. The van der Waals surface area contributed by atoms with Gasteiger partial charge in [-0.15, -0.1) is 0 Å². The van der Waals surface area contributed by atoms with Crippen molar-refractivity contribution in [3.63, 3.8) is 0 Å². The van der Waals surface area contributed by atoms with Crippen LogP contribution in [0.3, 0.4) is 0 Å². The number of benzene rings is 1. The number of allylic oxidation sites excluding steroid dienone is 1. The first-order valence-corrected chi connectivity index (χ1v) is 4.30. The van der Waals surface area contributed by atoms with Gasteiger partial charge in [-0.1, -0.05) is 18.2 Å². The van der Waals surface area contributed by atoms with Crippen LogP contribution in [0.25, 0.3) is 6.08 Å². The Labute approximate surface area is 80.8 Å². The van der Waals surface area contributed by atoms with Crippen molar-refractivity contribution in [3.05, 3.63) is 35.4 Å². The summed E-state index contributed by atoms with van der Waals surface area (Å²) in [5, 5.41) is 0. The molecule has 0 aromatic heterocycles. The predicted molar refractivity (Wildman–Crippen MR) is 51.1 cm³/mol. The molecular formula is C10H7ClO2. The standard InChI is InChI=1S/C10H7ClO2/c11-10(12)13-9-5-4-7-2-1-3-8(7)6-9/h1,3-6H,2H2. The van der Waals surface area contributed by atoms with E-state index < -0.39 is 5.43 Å². The smallest absolute Gasteiger partial charge is 0.409 e. The van der Waals surface area contributed by atoms with Crippen molar-refractivity contribution in [1.82, 2.24) is 0 Å². The molecule has 2 nitrogen and oxygen atoms in total. The van der Waals surface area contributed by atoms with E-state index >= 15 is 0 Å². The number of rotatable bonds is 1. The highest BCUT2D eigenvalue weighted by atomic mass is 35.5. The lowest BCUT2D eigenvalue weighted by Crippen LogP contribution is -1.96. The third-order valence-corrected chi connectivity index (χ3v) is 2.03. The molecule has 0 saturated carbocycles. The summed E-state index contributed by atoms with van der Waals surface area (Å²) in [4.78, 5) is 10.4. The van der Waals surface area contributed by atoms with Gasteiger partial charge in [0, 0.05) is 11.6 Å². The van der Waals surface area contributed by atoms with Gasteiger partial charge in [-0.05, 0) is 29.7 Å². The van der Waals surface area contributed by atoms with E-state index in [2.05, 4.69) is 6.08 Å². The number of halogens is 1. The van der Waals surface area contributed by atoms with Crippen LogP contribution in [-0.2, 0) is 6.42 Å². The lowest BCUT2D eigenvalue weighted by molar-refractivity contribution is 0.225. The minimum Gasteiger partial charge on any atom is -0.414 e. The molecule has 1 aliphatic carbocycles. The molecule has 0 fully saturated rings. The van der Waals surface area contributed by atoms with Crippen LogP contribution < -0.4 is 4.74 Å². The zero-order chi connectivity index (χ0) is 9.26. The molecule has 3 heteroatoms. The highest BCUT2D eigenvalue weighted by Crippen LogP contribution is 2.24. The van der Waals surface area contributed by atoms with Crippen LogP contribution in [0.5, 0.6) is 5.75 Å². The largest absolute Gasteiger partial charge is 0.414 e. The molecule has 0 bridgehead atoms. The Morgan fingerprint density at radius 3 is 3.08 bits per heavy atom. The first-order valence-electron chi connectivity index (χ1n) is 3.92. The second-order valence-electron chi connectivity index (χ2n) is 2.81. The summed E-state index contributed by atoms with van der Waals surface area (Å²) in [6.07, 6.45) is 5.02. The topological polar surface area (TPSA) is 26.3 Å². The van der Waals surface area contributed by atoms with Crippen LogP contribution in [0, 0.1) is 0 Å². The van der Waals surface area contributed by atoms with Crippen molar-refractivity contribution >= 4 is 23.1 Å². The molecule has 0 saturated heterocycles. The molecule has 2 rings (SSSR count). The molecular weight excluding hydrogens is 188 g/mol. The van der Waals surface area contributed by atoms with E-state index in [1.165, 1.54) is 5.56 Å². The number of carbonyl (C=O) groups excluding carboxylic acids is 1. The molecule has 1 aliphatic rings. The minimum atomic E-state index is -0.804. The second kappa shape index (κ2) is 3.23. The van der Waals surface area contributed by atoms with Crippen LogP contribution in [-0.4, -0.2) is 5.43 Å². The molecule has 0 aliphatic heterocycles. The Morgan fingerprint density at radius 1 is 1.46 bits per heavy atom. The molecule has 0 spiro atoms. The van der Waals surface area contributed by atoms with Gasteiger partial charge >= 0.3 is 5.43 Å². The van der Waals surface area contributed by atoms with Crippen molar-refractivity contribution in [2.24, 2.45) is 0 Å². The Balaban J connectivity index is 2.30. The van der Waals surface area contributed by atoms with E-state index in [1.807, 2.05) is 12.1 Å². The van der Waals surface area contributed by atoms with Gasteiger partial charge in [0.05, 0.1) is 0 Å². The summed E-state index contributed by atoms with van der Waals surface area (Å²) >= 11 is 5.08. The van der Waals surface area contributed by atoms with Crippen LogP contribution in [0.2, 0.25) is 0 Å². The molecule has 66 valence electrons. The minimum absolute atomic E-state index is 0.491. The number of hydrogen-bond acceptors (Lipinski definition) is 2. The van der Waals surface area contributed by atoms with Crippen LogP contribution in [0.15, 0.2) is 24.3 Å². The van der Waals surface area contributed by atoms with Crippen molar-refractivity contribution in [2.75, 3.05) is 0 Å². The lowest BCUT2D eigenvalue weighted by Gasteiger charge is -2.02. The van der Waals surface area contributed by atoms with Gasteiger partial charge in [0.1, 0.15) is 5.75 Å². The summed E-state index contributed by atoms with van der Waals surface area (Å²) in [7, 11) is 0. The van der Waals surface area contributed by atoms with Gasteiger partial charge in [-0.2, -0.15) is 0 Å². The summed E-state index contributed by atoms with van der Waals surface area (Å²) in [6.45, 7) is 0. The number of fused-ring (bicyclic) bond motifs is 1. The van der Waals surface area contributed by atoms with E-state index in [4.69, 9.17) is 16.3 Å². The van der Waals surface area contributed by atoms with E-state index in [1.54, 1.807) is 12.1 Å². The molecule has 0 atom stereocenters. The average Bonchev–Trinajstić information content (AvgIpc) is 2.49. The van der Waals surface area contributed by atoms with Crippen molar-refractivity contribution < 1.29 is 9.53 Å². The maximum atomic E-state index is 10.4. The Morgan fingerprint density at radius 2 is 2.31 bits per heavy atom. The Bertz CT molecular complexity index is 383. The fourth-order valence-electron chi connectivity index (χ4n) is 1.38. The number of carbonyl (C=O) groups is 1. The first-order chi connectivity index (χ1) is 6.25. The molecule has 0 radical (unpaired) electrons. The normalized spacial score (nSPS) is 12.7. The van der Waals surface area contributed by atoms with Gasteiger partial charge < -0.3 is 4.74 Å². The van der Waals surface area contributed by atoms with Gasteiger partial charge in [-0.3, -0.25) is 0 Å². The highest BCUT2D eigenvalue weighted by molar-refractivity contribution is 6.61. The van der Waals surface area contributed by atoms with Crippen LogP contribution in [0.1, 0.15) is 11.1 Å². The fraction of sp³-hybridized carbons (Fsp3) is 0.100. The summed E-state index contributed by atoms with van der Waals surface area (Å²) in [5.41, 5.74) is 1.53. The van der Waals surface area contributed by atoms with Gasteiger partial charge in [0.2, 0.25) is 0 Å². The van der Waals surface area contributed by atoms with E-state index in [9.17, 15) is 4.79 Å². The number of hydrogen-bond donors (Lipinski definition) is 0. The molecule has 0 unspecified atom stereocenters. The van der Waals surface area contributed by atoms with E-state index in [-0.39, 0.29) is 0 Å². The zero-order valence-corrected chi connectivity index (χ0v) is 7.54.